The second-order valence-electron chi connectivity index (χ2n) is 6.63. The lowest BCUT2D eigenvalue weighted by molar-refractivity contribution is 0.821. The Bertz CT molecular complexity index is 1400. The molecular formula is C22H16N6O. The van der Waals surface area contributed by atoms with E-state index >= 15 is 0 Å². The molecule has 7 heteroatoms. The van der Waals surface area contributed by atoms with Crippen LogP contribution in [0, 0.1) is 6.92 Å². The zero-order valence-electron chi connectivity index (χ0n) is 15.6. The summed E-state index contributed by atoms with van der Waals surface area (Å²) in [4.78, 5) is 21.1. The van der Waals surface area contributed by atoms with Crippen molar-refractivity contribution in [2.45, 2.75) is 6.92 Å². The molecule has 5 aromatic rings. The molecule has 0 spiro atoms. The van der Waals surface area contributed by atoms with E-state index in [0.29, 0.717) is 11.4 Å². The summed E-state index contributed by atoms with van der Waals surface area (Å²) in [7, 11) is 0. The Kier molecular flexibility index (Phi) is 3.98. The fourth-order valence-electron chi connectivity index (χ4n) is 3.37. The summed E-state index contributed by atoms with van der Waals surface area (Å²) in [5.74, 6) is 0. The molecule has 0 bridgehead atoms. The molecule has 4 heterocycles. The first kappa shape index (κ1) is 17.0. The molecule has 0 amide bonds. The largest absolute Gasteiger partial charge is 0.287 e. The number of fused-ring (bicyclic) bond motifs is 1. The van der Waals surface area contributed by atoms with Crippen LogP contribution in [0.1, 0.15) is 5.69 Å². The first-order chi connectivity index (χ1) is 14.2. The third-order valence-corrected chi connectivity index (χ3v) is 4.72. The molecule has 0 saturated heterocycles. The molecule has 29 heavy (non-hydrogen) atoms. The van der Waals surface area contributed by atoms with E-state index in [2.05, 4.69) is 20.2 Å². The van der Waals surface area contributed by atoms with E-state index in [1.165, 1.54) is 6.07 Å². The Morgan fingerprint density at radius 1 is 0.966 bits per heavy atom. The van der Waals surface area contributed by atoms with Crippen LogP contribution in [-0.2, 0) is 0 Å². The Hall–Kier alpha value is -4.13. The van der Waals surface area contributed by atoms with Crippen LogP contribution in [0.5, 0.6) is 0 Å². The van der Waals surface area contributed by atoms with E-state index in [0.717, 1.165) is 27.8 Å². The van der Waals surface area contributed by atoms with Gasteiger partial charge < -0.3 is 0 Å². The van der Waals surface area contributed by atoms with Crippen molar-refractivity contribution in [3.05, 3.63) is 95.4 Å². The summed E-state index contributed by atoms with van der Waals surface area (Å²) in [6, 6.07) is 14.9. The smallest absolute Gasteiger partial charge is 0.209 e. The van der Waals surface area contributed by atoms with Gasteiger partial charge in [-0.05, 0) is 37.3 Å². The van der Waals surface area contributed by atoms with Crippen LogP contribution in [0.25, 0.3) is 33.5 Å². The third-order valence-electron chi connectivity index (χ3n) is 4.72. The number of hydrogen-bond donors (Lipinski definition) is 0. The zero-order valence-corrected chi connectivity index (χ0v) is 15.6. The summed E-state index contributed by atoms with van der Waals surface area (Å²) in [6.45, 7) is 1.91. The standard InChI is InChI=1S/C22H16N6O/c1-15-13-17(5-10-24-15)27-12-8-21(29)22(26-27)20-7-11-25-28(20)19-4-2-3-16-14-23-9-6-18(16)19/h2-14H,1H3. The van der Waals surface area contributed by atoms with Gasteiger partial charge in [-0.1, -0.05) is 12.1 Å². The van der Waals surface area contributed by atoms with E-state index in [-0.39, 0.29) is 5.43 Å². The SMILES string of the molecule is Cc1cc(-n2ccc(=O)c(-c3ccnn3-c3cccc4cnccc34)n2)ccn1. The van der Waals surface area contributed by atoms with Gasteiger partial charge in [0.05, 0.1) is 23.3 Å². The van der Waals surface area contributed by atoms with Crippen LogP contribution in [0.4, 0.5) is 0 Å². The van der Waals surface area contributed by atoms with E-state index in [1.54, 1.807) is 40.2 Å². The molecule has 0 N–H and O–H groups in total. The molecule has 7 nitrogen and oxygen atoms in total. The first-order valence-electron chi connectivity index (χ1n) is 9.11. The molecule has 0 aliphatic rings. The predicted octanol–water partition coefficient (Wildman–Crippen LogP) is 3.34. The van der Waals surface area contributed by atoms with Gasteiger partial charge in [0, 0.05) is 47.3 Å². The van der Waals surface area contributed by atoms with Crippen LogP contribution in [-0.4, -0.2) is 29.5 Å². The maximum absolute atomic E-state index is 12.7. The molecule has 4 aromatic heterocycles. The van der Waals surface area contributed by atoms with Gasteiger partial charge in [0.1, 0.15) is 0 Å². The predicted molar refractivity (Wildman–Crippen MR) is 110 cm³/mol. The molecule has 0 atom stereocenters. The van der Waals surface area contributed by atoms with Gasteiger partial charge in [-0.3, -0.25) is 14.8 Å². The van der Waals surface area contributed by atoms with E-state index < -0.39 is 0 Å². The number of pyridine rings is 2. The van der Waals surface area contributed by atoms with Crippen molar-refractivity contribution < 1.29 is 0 Å². The van der Waals surface area contributed by atoms with Crippen molar-refractivity contribution >= 4 is 10.8 Å². The monoisotopic (exact) mass is 380 g/mol. The van der Waals surface area contributed by atoms with Crippen LogP contribution >= 0.6 is 0 Å². The molecule has 0 aliphatic heterocycles. The van der Waals surface area contributed by atoms with Crippen LogP contribution in [0.2, 0.25) is 0 Å². The number of hydrogen-bond acceptors (Lipinski definition) is 5. The normalized spacial score (nSPS) is 11.1. The fraction of sp³-hybridized carbons (Fsp3) is 0.0455. The quantitative estimate of drug-likeness (QED) is 0.480. The van der Waals surface area contributed by atoms with Crippen molar-refractivity contribution in [3.63, 3.8) is 0 Å². The summed E-state index contributed by atoms with van der Waals surface area (Å²) in [5, 5.41) is 11.1. The molecule has 0 unspecified atom stereocenters. The minimum absolute atomic E-state index is 0.171. The van der Waals surface area contributed by atoms with E-state index in [9.17, 15) is 4.79 Å². The number of benzene rings is 1. The molecule has 1 aromatic carbocycles. The van der Waals surface area contributed by atoms with Gasteiger partial charge in [0.25, 0.3) is 0 Å². The Labute approximate surface area is 165 Å². The van der Waals surface area contributed by atoms with Crippen molar-refractivity contribution in [1.29, 1.82) is 0 Å². The van der Waals surface area contributed by atoms with Crippen molar-refractivity contribution in [2.75, 3.05) is 0 Å². The Balaban J connectivity index is 1.70. The van der Waals surface area contributed by atoms with Crippen LogP contribution in [0.3, 0.4) is 0 Å². The molecule has 0 saturated carbocycles. The highest BCUT2D eigenvalue weighted by atomic mass is 16.1. The second-order valence-corrected chi connectivity index (χ2v) is 6.63. The van der Waals surface area contributed by atoms with Gasteiger partial charge in [-0.25, -0.2) is 9.36 Å². The molecule has 140 valence electrons. The Morgan fingerprint density at radius 3 is 2.79 bits per heavy atom. The number of aryl methyl sites for hydroxylation is 1. The van der Waals surface area contributed by atoms with Gasteiger partial charge in [0.15, 0.2) is 5.69 Å². The minimum atomic E-state index is -0.171. The maximum atomic E-state index is 12.7. The van der Waals surface area contributed by atoms with E-state index in [1.807, 2.05) is 49.5 Å². The summed E-state index contributed by atoms with van der Waals surface area (Å²) >= 11 is 0. The summed E-state index contributed by atoms with van der Waals surface area (Å²) < 4.78 is 3.42. The average molecular weight is 380 g/mol. The van der Waals surface area contributed by atoms with Gasteiger partial charge >= 0.3 is 0 Å². The van der Waals surface area contributed by atoms with E-state index in [4.69, 9.17) is 0 Å². The van der Waals surface area contributed by atoms with Gasteiger partial charge in [-0.15, -0.1) is 0 Å². The average Bonchev–Trinajstić information content (AvgIpc) is 3.23. The van der Waals surface area contributed by atoms with Gasteiger partial charge in [-0.2, -0.15) is 10.2 Å². The minimum Gasteiger partial charge on any atom is -0.287 e. The van der Waals surface area contributed by atoms with Crippen molar-refractivity contribution in [2.24, 2.45) is 0 Å². The summed E-state index contributed by atoms with van der Waals surface area (Å²) in [6.07, 6.45) is 8.60. The number of aromatic nitrogens is 6. The lowest BCUT2D eigenvalue weighted by Gasteiger charge is -2.11. The molecular weight excluding hydrogens is 364 g/mol. The maximum Gasteiger partial charge on any atom is 0.209 e. The lowest BCUT2D eigenvalue weighted by atomic mass is 10.1. The highest BCUT2D eigenvalue weighted by molar-refractivity contribution is 5.89. The van der Waals surface area contributed by atoms with Crippen molar-refractivity contribution in [3.8, 4) is 22.8 Å². The highest BCUT2D eigenvalue weighted by Gasteiger charge is 2.15. The molecule has 0 radical (unpaired) electrons. The number of nitrogens with zero attached hydrogens (tertiary/aromatic N) is 6. The van der Waals surface area contributed by atoms with Crippen LogP contribution < -0.4 is 5.43 Å². The van der Waals surface area contributed by atoms with Gasteiger partial charge in [0.2, 0.25) is 5.43 Å². The number of rotatable bonds is 3. The molecule has 0 aliphatic carbocycles. The Morgan fingerprint density at radius 2 is 1.90 bits per heavy atom. The third kappa shape index (κ3) is 2.98. The lowest BCUT2D eigenvalue weighted by Crippen LogP contribution is -2.15. The fourth-order valence-corrected chi connectivity index (χ4v) is 3.37. The first-order valence-corrected chi connectivity index (χ1v) is 9.11. The van der Waals surface area contributed by atoms with Crippen LogP contribution in [0.15, 0.2) is 84.3 Å². The second kappa shape index (κ2) is 6.79. The zero-order chi connectivity index (χ0) is 19.8. The molecule has 5 rings (SSSR count). The van der Waals surface area contributed by atoms with Crippen molar-refractivity contribution in [1.82, 2.24) is 29.5 Å². The topological polar surface area (TPSA) is 78.5 Å². The summed E-state index contributed by atoms with van der Waals surface area (Å²) in [5.41, 5.74) is 3.35. The highest BCUT2D eigenvalue weighted by Crippen LogP contribution is 2.25. The molecule has 0 fully saturated rings.